The molecule has 0 saturated carbocycles. The van der Waals surface area contributed by atoms with Crippen LogP contribution in [0.15, 0.2) is 59.1 Å². The Kier molecular flexibility index (Phi) is 6.25. The first kappa shape index (κ1) is 22.3. The maximum Gasteiger partial charge on any atom is 0.416 e. The average Bonchev–Trinajstić information content (AvgIpc) is 3.35. The average molecular weight is 477 g/mol. The second-order valence-electron chi connectivity index (χ2n) is 7.33. The van der Waals surface area contributed by atoms with Crippen molar-refractivity contribution in [1.29, 1.82) is 0 Å². The fraction of sp³-hybridized carbons (Fsp3) is 0.227. The summed E-state index contributed by atoms with van der Waals surface area (Å²) in [6, 6.07) is 12.7. The third-order valence-corrected chi connectivity index (χ3v) is 6.62. The van der Waals surface area contributed by atoms with E-state index >= 15 is 0 Å². The van der Waals surface area contributed by atoms with Crippen molar-refractivity contribution in [2.75, 3.05) is 11.1 Å². The van der Waals surface area contributed by atoms with Crippen LogP contribution in [0, 0.1) is 0 Å². The summed E-state index contributed by atoms with van der Waals surface area (Å²) in [6.07, 6.45) is -4.47. The predicted molar refractivity (Wildman–Crippen MR) is 122 cm³/mol. The molecule has 1 amide bonds. The molecule has 0 spiro atoms. The fourth-order valence-corrected chi connectivity index (χ4v) is 5.08. The number of hydrogen-bond donors (Lipinski definition) is 1. The van der Waals surface area contributed by atoms with Gasteiger partial charge in [-0.2, -0.15) is 13.2 Å². The number of thioether (sulfide) groups is 1. The van der Waals surface area contributed by atoms with Gasteiger partial charge >= 0.3 is 6.18 Å². The minimum absolute atomic E-state index is 0.00845. The zero-order valence-electron chi connectivity index (χ0n) is 17.2. The molecule has 10 heteroatoms. The predicted octanol–water partition coefficient (Wildman–Crippen LogP) is 6.49. The van der Waals surface area contributed by atoms with Gasteiger partial charge in [0.1, 0.15) is 0 Å². The Hall–Kier alpha value is -2.85. The van der Waals surface area contributed by atoms with E-state index in [0.29, 0.717) is 5.16 Å². The summed E-state index contributed by atoms with van der Waals surface area (Å²) in [7, 11) is 0. The molecule has 0 atom stereocenters. The van der Waals surface area contributed by atoms with Crippen molar-refractivity contribution in [3.8, 4) is 11.4 Å². The quantitative estimate of drug-likeness (QED) is 0.323. The molecule has 2 aromatic heterocycles. The minimum Gasteiger partial charge on any atom is -0.325 e. The molecule has 4 aromatic rings. The van der Waals surface area contributed by atoms with E-state index in [1.54, 1.807) is 11.3 Å². The third kappa shape index (κ3) is 4.66. The number of thiophene rings is 1. The Morgan fingerprint density at radius 1 is 1.16 bits per heavy atom. The SMILES string of the molecule is CC(C)n1c(SCC(=O)Nc2cccc(C(F)(F)F)c2)nnc1-c1csc2ccccc12. The van der Waals surface area contributed by atoms with E-state index in [1.807, 2.05) is 48.1 Å². The summed E-state index contributed by atoms with van der Waals surface area (Å²) in [4.78, 5) is 12.4. The third-order valence-electron chi connectivity index (χ3n) is 4.71. The molecule has 0 saturated heterocycles. The number of nitrogens with one attached hydrogen (secondary N) is 1. The summed E-state index contributed by atoms with van der Waals surface area (Å²) in [5.74, 6) is 0.291. The lowest BCUT2D eigenvalue weighted by atomic mass is 10.1. The van der Waals surface area contributed by atoms with Gasteiger partial charge in [0.2, 0.25) is 5.91 Å². The van der Waals surface area contributed by atoms with E-state index in [0.717, 1.165) is 33.6 Å². The van der Waals surface area contributed by atoms with Crippen molar-refractivity contribution in [2.45, 2.75) is 31.2 Å². The molecule has 32 heavy (non-hydrogen) atoms. The summed E-state index contributed by atoms with van der Waals surface area (Å²) < 4.78 is 41.7. The Balaban J connectivity index is 1.51. The van der Waals surface area contributed by atoms with Crippen LogP contribution < -0.4 is 5.32 Å². The Morgan fingerprint density at radius 3 is 2.69 bits per heavy atom. The van der Waals surface area contributed by atoms with Crippen molar-refractivity contribution in [1.82, 2.24) is 14.8 Å². The number of rotatable bonds is 6. The summed E-state index contributed by atoms with van der Waals surface area (Å²) in [6.45, 7) is 4.02. The number of fused-ring (bicyclic) bond motifs is 1. The van der Waals surface area contributed by atoms with Gasteiger partial charge in [0, 0.05) is 32.8 Å². The second kappa shape index (κ2) is 8.95. The number of alkyl halides is 3. The van der Waals surface area contributed by atoms with Crippen LogP contribution in [0.2, 0.25) is 0 Å². The lowest BCUT2D eigenvalue weighted by Crippen LogP contribution is -2.15. The van der Waals surface area contributed by atoms with Crippen LogP contribution in [0.3, 0.4) is 0 Å². The summed E-state index contributed by atoms with van der Waals surface area (Å²) in [5, 5.41) is 14.9. The smallest absolute Gasteiger partial charge is 0.325 e. The van der Waals surface area contributed by atoms with Gasteiger partial charge in [0.05, 0.1) is 11.3 Å². The van der Waals surface area contributed by atoms with Crippen LogP contribution >= 0.6 is 23.1 Å². The van der Waals surface area contributed by atoms with Gasteiger partial charge < -0.3 is 5.32 Å². The van der Waals surface area contributed by atoms with Crippen molar-refractivity contribution in [3.05, 3.63) is 59.5 Å². The summed E-state index contributed by atoms with van der Waals surface area (Å²) in [5.41, 5.74) is 0.267. The highest BCUT2D eigenvalue weighted by molar-refractivity contribution is 7.99. The van der Waals surface area contributed by atoms with E-state index in [2.05, 4.69) is 15.5 Å². The highest BCUT2D eigenvalue weighted by Gasteiger charge is 2.30. The topological polar surface area (TPSA) is 59.8 Å². The van der Waals surface area contributed by atoms with E-state index in [4.69, 9.17) is 0 Å². The van der Waals surface area contributed by atoms with Crippen molar-refractivity contribution in [2.24, 2.45) is 0 Å². The molecule has 0 aliphatic carbocycles. The maximum atomic E-state index is 12.9. The first-order chi connectivity index (χ1) is 15.2. The molecule has 1 N–H and O–H groups in total. The van der Waals surface area contributed by atoms with E-state index in [9.17, 15) is 18.0 Å². The minimum atomic E-state index is -4.47. The second-order valence-corrected chi connectivity index (χ2v) is 9.18. The molecule has 5 nitrogen and oxygen atoms in total. The molecule has 0 bridgehead atoms. The molecule has 0 unspecified atom stereocenters. The van der Waals surface area contributed by atoms with Gasteiger partial charge in [-0.25, -0.2) is 0 Å². The van der Waals surface area contributed by atoms with Crippen LogP contribution in [0.25, 0.3) is 21.5 Å². The van der Waals surface area contributed by atoms with Crippen LogP contribution in [0.5, 0.6) is 0 Å². The Morgan fingerprint density at radius 2 is 1.94 bits per heavy atom. The first-order valence-corrected chi connectivity index (χ1v) is 11.6. The van der Waals surface area contributed by atoms with Crippen LogP contribution in [0.1, 0.15) is 25.5 Å². The molecular formula is C22H19F3N4OS2. The number of anilines is 1. The number of carbonyl (C=O) groups excluding carboxylic acids is 1. The van der Waals surface area contributed by atoms with Gasteiger partial charge in [-0.15, -0.1) is 21.5 Å². The van der Waals surface area contributed by atoms with Crippen molar-refractivity contribution in [3.63, 3.8) is 0 Å². The van der Waals surface area contributed by atoms with Crippen LogP contribution in [-0.2, 0) is 11.0 Å². The standard InChI is InChI=1S/C22H19F3N4OS2/c1-13(2)29-20(17-11-31-18-9-4-3-8-16(17)18)27-28-21(29)32-12-19(30)26-15-7-5-6-14(10-15)22(23,24)25/h3-11,13H,12H2,1-2H3,(H,26,30). The van der Waals surface area contributed by atoms with E-state index in [-0.39, 0.29) is 17.5 Å². The number of aromatic nitrogens is 3. The number of nitrogens with zero attached hydrogens (tertiary/aromatic N) is 3. The molecule has 0 radical (unpaired) electrons. The molecule has 0 fully saturated rings. The van der Waals surface area contributed by atoms with Gasteiger partial charge in [-0.05, 0) is 38.1 Å². The largest absolute Gasteiger partial charge is 0.416 e. The lowest BCUT2D eigenvalue weighted by Gasteiger charge is -2.13. The molecule has 4 rings (SSSR count). The van der Waals surface area contributed by atoms with Crippen molar-refractivity contribution < 1.29 is 18.0 Å². The number of halogens is 3. The number of hydrogen-bond acceptors (Lipinski definition) is 5. The molecule has 0 aliphatic heterocycles. The van der Waals surface area contributed by atoms with Gasteiger partial charge in [-0.3, -0.25) is 9.36 Å². The van der Waals surface area contributed by atoms with Gasteiger partial charge in [-0.1, -0.05) is 36.0 Å². The number of carbonyl (C=O) groups is 1. The fourth-order valence-electron chi connectivity index (χ4n) is 3.28. The van der Waals surface area contributed by atoms with Gasteiger partial charge in [0.15, 0.2) is 11.0 Å². The number of amides is 1. The van der Waals surface area contributed by atoms with Crippen LogP contribution in [-0.4, -0.2) is 26.4 Å². The van der Waals surface area contributed by atoms with Gasteiger partial charge in [0.25, 0.3) is 0 Å². The molecule has 2 heterocycles. The highest BCUT2D eigenvalue weighted by atomic mass is 32.2. The monoisotopic (exact) mass is 476 g/mol. The van der Waals surface area contributed by atoms with E-state index in [1.165, 1.54) is 23.9 Å². The number of benzene rings is 2. The summed E-state index contributed by atoms with van der Waals surface area (Å²) >= 11 is 2.82. The zero-order chi connectivity index (χ0) is 22.9. The molecule has 166 valence electrons. The zero-order valence-corrected chi connectivity index (χ0v) is 18.8. The Labute approximate surface area is 190 Å². The molecule has 2 aromatic carbocycles. The lowest BCUT2D eigenvalue weighted by molar-refractivity contribution is -0.137. The van der Waals surface area contributed by atoms with Crippen LogP contribution in [0.4, 0.5) is 18.9 Å². The van der Waals surface area contributed by atoms with Crippen molar-refractivity contribution >= 4 is 44.8 Å². The first-order valence-electron chi connectivity index (χ1n) is 9.75. The Bertz CT molecular complexity index is 1260. The normalized spacial score (nSPS) is 11.9. The molecular weight excluding hydrogens is 457 g/mol. The maximum absolute atomic E-state index is 12.9. The highest BCUT2D eigenvalue weighted by Crippen LogP contribution is 2.36. The van der Waals surface area contributed by atoms with E-state index < -0.39 is 17.6 Å². The molecule has 0 aliphatic rings.